The van der Waals surface area contributed by atoms with Gasteiger partial charge in [-0.25, -0.2) is 0 Å². The van der Waals surface area contributed by atoms with E-state index in [9.17, 15) is 5.11 Å². The van der Waals surface area contributed by atoms with Crippen LogP contribution in [-0.4, -0.2) is 24.9 Å². The molecule has 2 nitrogen and oxygen atoms in total. The summed E-state index contributed by atoms with van der Waals surface area (Å²) in [6.07, 6.45) is 2.22. The smallest absolute Gasteiger partial charge is 0.0779 e. The minimum Gasteiger partial charge on any atom is -0.391 e. The average molecular weight is 144 g/mol. The van der Waals surface area contributed by atoms with E-state index >= 15 is 0 Å². The SMILES string of the molecule is C=CC(C)CC(O)COC. The van der Waals surface area contributed by atoms with E-state index in [1.165, 1.54) is 0 Å². The van der Waals surface area contributed by atoms with Crippen molar-refractivity contribution in [3.63, 3.8) is 0 Å². The van der Waals surface area contributed by atoms with Gasteiger partial charge in [0.15, 0.2) is 0 Å². The van der Waals surface area contributed by atoms with Gasteiger partial charge in [-0.3, -0.25) is 0 Å². The quantitative estimate of drug-likeness (QED) is 0.588. The van der Waals surface area contributed by atoms with Crippen molar-refractivity contribution in [1.82, 2.24) is 0 Å². The molecule has 0 aromatic rings. The molecule has 0 bridgehead atoms. The Bertz CT molecular complexity index is 91.3. The molecule has 0 aromatic heterocycles. The Morgan fingerprint density at radius 3 is 2.70 bits per heavy atom. The van der Waals surface area contributed by atoms with Gasteiger partial charge in [0.1, 0.15) is 0 Å². The first-order chi connectivity index (χ1) is 4.70. The predicted molar refractivity (Wildman–Crippen MR) is 41.9 cm³/mol. The molecular weight excluding hydrogens is 128 g/mol. The molecule has 0 saturated heterocycles. The van der Waals surface area contributed by atoms with Crippen LogP contribution in [0.1, 0.15) is 13.3 Å². The number of ether oxygens (including phenoxy) is 1. The van der Waals surface area contributed by atoms with E-state index < -0.39 is 0 Å². The van der Waals surface area contributed by atoms with Crippen LogP contribution in [0.3, 0.4) is 0 Å². The molecule has 0 radical (unpaired) electrons. The maximum atomic E-state index is 9.18. The lowest BCUT2D eigenvalue weighted by Crippen LogP contribution is -2.16. The van der Waals surface area contributed by atoms with Crippen LogP contribution in [-0.2, 0) is 4.74 Å². The van der Waals surface area contributed by atoms with Crippen molar-refractivity contribution in [3.8, 4) is 0 Å². The predicted octanol–water partition coefficient (Wildman–Crippen LogP) is 1.21. The van der Waals surface area contributed by atoms with Crippen LogP contribution >= 0.6 is 0 Å². The Balaban J connectivity index is 3.36. The molecule has 2 atom stereocenters. The fourth-order valence-corrected chi connectivity index (χ4v) is 0.786. The maximum Gasteiger partial charge on any atom is 0.0779 e. The zero-order valence-corrected chi connectivity index (χ0v) is 6.71. The minimum absolute atomic E-state index is 0.349. The molecule has 2 heteroatoms. The van der Waals surface area contributed by atoms with Crippen molar-refractivity contribution in [2.75, 3.05) is 13.7 Å². The molecule has 10 heavy (non-hydrogen) atoms. The van der Waals surface area contributed by atoms with Gasteiger partial charge in [-0.1, -0.05) is 13.0 Å². The largest absolute Gasteiger partial charge is 0.391 e. The van der Waals surface area contributed by atoms with E-state index in [0.717, 1.165) is 6.42 Å². The number of hydrogen-bond acceptors (Lipinski definition) is 2. The highest BCUT2D eigenvalue weighted by Crippen LogP contribution is 2.06. The van der Waals surface area contributed by atoms with Crippen LogP contribution in [0.2, 0.25) is 0 Å². The monoisotopic (exact) mass is 144 g/mol. The van der Waals surface area contributed by atoms with E-state index in [0.29, 0.717) is 12.5 Å². The summed E-state index contributed by atoms with van der Waals surface area (Å²) in [7, 11) is 1.59. The lowest BCUT2D eigenvalue weighted by atomic mass is 10.0. The van der Waals surface area contributed by atoms with Crippen molar-refractivity contribution in [2.24, 2.45) is 5.92 Å². The van der Waals surface area contributed by atoms with Gasteiger partial charge in [0, 0.05) is 7.11 Å². The molecule has 0 amide bonds. The normalized spacial score (nSPS) is 16.3. The standard InChI is InChI=1S/C8H16O2/c1-4-7(2)5-8(9)6-10-3/h4,7-9H,1,5-6H2,2-3H3. The summed E-state index contributed by atoms with van der Waals surface area (Å²) in [5, 5.41) is 9.18. The van der Waals surface area contributed by atoms with E-state index in [4.69, 9.17) is 4.74 Å². The van der Waals surface area contributed by atoms with Gasteiger partial charge in [-0.05, 0) is 12.3 Å². The second kappa shape index (κ2) is 5.45. The molecule has 60 valence electrons. The summed E-state index contributed by atoms with van der Waals surface area (Å²) in [6.45, 7) is 6.06. The zero-order valence-electron chi connectivity index (χ0n) is 6.71. The molecule has 0 fully saturated rings. The van der Waals surface area contributed by atoms with Crippen LogP contribution in [0.5, 0.6) is 0 Å². The minimum atomic E-state index is -0.349. The lowest BCUT2D eigenvalue weighted by Gasteiger charge is -2.11. The van der Waals surface area contributed by atoms with Gasteiger partial charge in [0.2, 0.25) is 0 Å². The summed E-state index contributed by atoms with van der Waals surface area (Å²) in [4.78, 5) is 0. The van der Waals surface area contributed by atoms with Gasteiger partial charge >= 0.3 is 0 Å². The highest BCUT2D eigenvalue weighted by Gasteiger charge is 2.05. The molecule has 1 N–H and O–H groups in total. The number of aliphatic hydroxyl groups is 1. The van der Waals surface area contributed by atoms with Crippen molar-refractivity contribution in [2.45, 2.75) is 19.4 Å². The number of allylic oxidation sites excluding steroid dienone is 1. The Hall–Kier alpha value is -0.340. The molecule has 0 aliphatic rings. The molecule has 0 aliphatic heterocycles. The summed E-state index contributed by atoms with van der Waals surface area (Å²) >= 11 is 0. The molecular formula is C8H16O2. The van der Waals surface area contributed by atoms with Crippen molar-refractivity contribution < 1.29 is 9.84 Å². The second-order valence-corrected chi connectivity index (χ2v) is 2.56. The van der Waals surface area contributed by atoms with Crippen LogP contribution in [0.15, 0.2) is 12.7 Å². The Kier molecular flexibility index (Phi) is 5.26. The third-order valence-corrected chi connectivity index (χ3v) is 1.41. The first-order valence-corrected chi connectivity index (χ1v) is 3.50. The molecule has 0 aromatic carbocycles. The zero-order chi connectivity index (χ0) is 7.98. The summed E-state index contributed by atoms with van der Waals surface area (Å²) in [5.41, 5.74) is 0. The average Bonchev–Trinajstić information content (AvgIpc) is 1.88. The van der Waals surface area contributed by atoms with Gasteiger partial charge in [0.25, 0.3) is 0 Å². The first-order valence-electron chi connectivity index (χ1n) is 3.50. The fraction of sp³-hybridized carbons (Fsp3) is 0.750. The number of aliphatic hydroxyl groups excluding tert-OH is 1. The molecule has 0 aliphatic carbocycles. The number of hydrogen-bond donors (Lipinski definition) is 1. The third kappa shape index (κ3) is 4.53. The van der Waals surface area contributed by atoms with Crippen LogP contribution in [0.25, 0.3) is 0 Å². The van der Waals surface area contributed by atoms with E-state index in [1.807, 2.05) is 13.0 Å². The maximum absolute atomic E-state index is 9.18. The lowest BCUT2D eigenvalue weighted by molar-refractivity contribution is 0.0536. The van der Waals surface area contributed by atoms with Crippen molar-refractivity contribution >= 4 is 0 Å². The number of methoxy groups -OCH3 is 1. The van der Waals surface area contributed by atoms with Crippen LogP contribution < -0.4 is 0 Å². The summed E-state index contributed by atoms with van der Waals surface area (Å²) < 4.78 is 4.76. The van der Waals surface area contributed by atoms with Crippen LogP contribution in [0.4, 0.5) is 0 Å². The third-order valence-electron chi connectivity index (χ3n) is 1.41. The second-order valence-electron chi connectivity index (χ2n) is 2.56. The Morgan fingerprint density at radius 1 is 1.70 bits per heavy atom. The van der Waals surface area contributed by atoms with E-state index in [-0.39, 0.29) is 6.10 Å². The van der Waals surface area contributed by atoms with Gasteiger partial charge in [0.05, 0.1) is 12.7 Å². The first kappa shape index (κ1) is 9.66. The summed E-state index contributed by atoms with van der Waals surface area (Å²) in [5.74, 6) is 0.366. The topological polar surface area (TPSA) is 29.5 Å². The van der Waals surface area contributed by atoms with Crippen molar-refractivity contribution in [3.05, 3.63) is 12.7 Å². The summed E-state index contributed by atoms with van der Waals surface area (Å²) in [6, 6.07) is 0. The van der Waals surface area contributed by atoms with Gasteiger partial charge < -0.3 is 9.84 Å². The molecule has 0 spiro atoms. The van der Waals surface area contributed by atoms with E-state index in [2.05, 4.69) is 6.58 Å². The highest BCUT2D eigenvalue weighted by molar-refractivity contribution is 4.77. The van der Waals surface area contributed by atoms with Gasteiger partial charge in [-0.15, -0.1) is 6.58 Å². The Labute approximate surface area is 62.5 Å². The fourth-order valence-electron chi connectivity index (χ4n) is 0.786. The molecule has 0 rings (SSSR count). The molecule has 0 heterocycles. The van der Waals surface area contributed by atoms with Crippen LogP contribution in [0, 0.1) is 5.92 Å². The number of rotatable bonds is 5. The van der Waals surface area contributed by atoms with Crippen molar-refractivity contribution in [1.29, 1.82) is 0 Å². The van der Waals surface area contributed by atoms with E-state index in [1.54, 1.807) is 7.11 Å². The highest BCUT2D eigenvalue weighted by atomic mass is 16.5. The van der Waals surface area contributed by atoms with Gasteiger partial charge in [-0.2, -0.15) is 0 Å². The molecule has 0 saturated carbocycles. The molecule has 2 unspecified atom stereocenters. The Morgan fingerprint density at radius 2 is 2.30 bits per heavy atom.